The van der Waals surface area contributed by atoms with Crippen LogP contribution in [0, 0.1) is 11.6 Å². The molecule has 1 atom stereocenters. The predicted octanol–water partition coefficient (Wildman–Crippen LogP) is 2.31. The lowest BCUT2D eigenvalue weighted by Crippen LogP contribution is -2.24. The summed E-state index contributed by atoms with van der Waals surface area (Å²) in [5.41, 5.74) is 0.0295. The molecular formula is C11H15F2NO2S2. The van der Waals surface area contributed by atoms with E-state index in [0.717, 1.165) is 6.26 Å². The fraction of sp³-hybridized carbons (Fsp3) is 0.455. The van der Waals surface area contributed by atoms with E-state index in [1.807, 2.05) is 0 Å². The van der Waals surface area contributed by atoms with E-state index >= 15 is 0 Å². The van der Waals surface area contributed by atoms with Crippen molar-refractivity contribution in [3.05, 3.63) is 35.4 Å². The van der Waals surface area contributed by atoms with Crippen LogP contribution in [-0.4, -0.2) is 27.0 Å². The van der Waals surface area contributed by atoms with E-state index in [1.165, 1.54) is 30.0 Å². The molecule has 7 heteroatoms. The van der Waals surface area contributed by atoms with Gasteiger partial charge >= 0.3 is 0 Å². The van der Waals surface area contributed by atoms with E-state index in [-0.39, 0.29) is 17.4 Å². The Labute approximate surface area is 110 Å². The maximum absolute atomic E-state index is 13.4. The Kier molecular flexibility index (Phi) is 5.55. The van der Waals surface area contributed by atoms with Crippen LogP contribution in [0.4, 0.5) is 8.78 Å². The maximum Gasteiger partial charge on any atom is 0.208 e. The van der Waals surface area contributed by atoms with Gasteiger partial charge in [0.2, 0.25) is 10.0 Å². The van der Waals surface area contributed by atoms with Gasteiger partial charge in [-0.05, 0) is 19.1 Å². The van der Waals surface area contributed by atoms with Gasteiger partial charge < -0.3 is 0 Å². The van der Waals surface area contributed by atoms with Crippen molar-refractivity contribution in [2.24, 2.45) is 0 Å². The first kappa shape index (κ1) is 15.4. The molecule has 0 heterocycles. The van der Waals surface area contributed by atoms with Crippen molar-refractivity contribution in [3.8, 4) is 0 Å². The summed E-state index contributed by atoms with van der Waals surface area (Å²) in [4.78, 5) is 0. The molecule has 0 aliphatic carbocycles. The molecule has 0 aliphatic heterocycles. The SMILES string of the molecule is CC(SCCNS(C)(=O)=O)c1c(F)cccc1F. The lowest BCUT2D eigenvalue weighted by atomic mass is 10.1. The molecule has 0 saturated heterocycles. The summed E-state index contributed by atoms with van der Waals surface area (Å²) in [6, 6.07) is 3.74. The number of rotatable bonds is 6. The number of benzene rings is 1. The summed E-state index contributed by atoms with van der Waals surface area (Å²) in [6.07, 6.45) is 1.07. The minimum atomic E-state index is -3.21. The molecule has 1 N–H and O–H groups in total. The van der Waals surface area contributed by atoms with Crippen molar-refractivity contribution in [1.82, 2.24) is 4.72 Å². The zero-order valence-corrected chi connectivity index (χ0v) is 11.7. The van der Waals surface area contributed by atoms with Gasteiger partial charge in [-0.3, -0.25) is 0 Å². The highest BCUT2D eigenvalue weighted by atomic mass is 32.2. The van der Waals surface area contributed by atoms with E-state index in [2.05, 4.69) is 4.72 Å². The van der Waals surface area contributed by atoms with Crippen molar-refractivity contribution < 1.29 is 17.2 Å². The van der Waals surface area contributed by atoms with Crippen LogP contribution in [0.5, 0.6) is 0 Å². The molecule has 3 nitrogen and oxygen atoms in total. The van der Waals surface area contributed by atoms with Crippen molar-refractivity contribution in [2.75, 3.05) is 18.6 Å². The summed E-state index contributed by atoms with van der Waals surface area (Å²) < 4.78 is 50.8. The van der Waals surface area contributed by atoms with E-state index in [0.29, 0.717) is 5.75 Å². The second kappa shape index (κ2) is 6.49. The number of nitrogens with one attached hydrogen (secondary N) is 1. The van der Waals surface area contributed by atoms with Gasteiger partial charge in [-0.2, -0.15) is 11.8 Å². The largest absolute Gasteiger partial charge is 0.215 e. The van der Waals surface area contributed by atoms with E-state index in [4.69, 9.17) is 0 Å². The highest BCUT2D eigenvalue weighted by molar-refractivity contribution is 7.99. The molecule has 1 aromatic rings. The van der Waals surface area contributed by atoms with E-state index in [1.54, 1.807) is 6.92 Å². The summed E-state index contributed by atoms with van der Waals surface area (Å²) in [7, 11) is -3.21. The van der Waals surface area contributed by atoms with Crippen molar-refractivity contribution in [1.29, 1.82) is 0 Å². The minimum Gasteiger partial charge on any atom is -0.215 e. The molecule has 0 bridgehead atoms. The standard InChI is InChI=1S/C11H15F2NO2S2/c1-8(17-7-6-14-18(2,15)16)11-9(12)4-3-5-10(11)13/h3-5,8,14H,6-7H2,1-2H3. The van der Waals surface area contributed by atoms with Gasteiger partial charge in [0, 0.05) is 23.1 Å². The Morgan fingerprint density at radius 1 is 1.33 bits per heavy atom. The first-order chi connectivity index (χ1) is 8.31. The minimum absolute atomic E-state index is 0.0295. The van der Waals surface area contributed by atoms with Gasteiger partial charge in [0.1, 0.15) is 11.6 Å². The maximum atomic E-state index is 13.4. The molecule has 0 saturated carbocycles. The zero-order chi connectivity index (χ0) is 13.8. The van der Waals surface area contributed by atoms with Gasteiger partial charge in [-0.25, -0.2) is 21.9 Å². The Bertz CT molecular complexity index is 486. The average Bonchev–Trinajstić information content (AvgIpc) is 2.23. The molecular weight excluding hydrogens is 280 g/mol. The fourth-order valence-corrected chi connectivity index (χ4v) is 3.01. The molecule has 0 fully saturated rings. The van der Waals surface area contributed by atoms with Gasteiger partial charge in [-0.15, -0.1) is 0 Å². The molecule has 1 rings (SSSR count). The molecule has 0 radical (unpaired) electrons. The van der Waals surface area contributed by atoms with Crippen LogP contribution in [0.15, 0.2) is 18.2 Å². The fourth-order valence-electron chi connectivity index (χ4n) is 1.45. The smallest absolute Gasteiger partial charge is 0.208 e. The van der Waals surface area contributed by atoms with E-state index < -0.39 is 21.7 Å². The molecule has 102 valence electrons. The van der Waals surface area contributed by atoms with Crippen LogP contribution < -0.4 is 4.72 Å². The lowest BCUT2D eigenvalue weighted by molar-refractivity contribution is 0.557. The predicted molar refractivity (Wildman–Crippen MR) is 70.1 cm³/mol. The highest BCUT2D eigenvalue weighted by Gasteiger charge is 2.16. The Morgan fingerprint density at radius 3 is 2.39 bits per heavy atom. The second-order valence-electron chi connectivity index (χ2n) is 3.81. The molecule has 0 amide bonds. The van der Waals surface area contributed by atoms with Crippen LogP contribution in [0.25, 0.3) is 0 Å². The van der Waals surface area contributed by atoms with Gasteiger partial charge in [-0.1, -0.05) is 6.07 Å². The first-order valence-corrected chi connectivity index (χ1v) is 8.25. The van der Waals surface area contributed by atoms with Crippen LogP contribution >= 0.6 is 11.8 Å². The monoisotopic (exact) mass is 295 g/mol. The number of hydrogen-bond donors (Lipinski definition) is 1. The normalized spacial score (nSPS) is 13.6. The van der Waals surface area contributed by atoms with Crippen LogP contribution in [0.3, 0.4) is 0 Å². The van der Waals surface area contributed by atoms with Crippen LogP contribution in [0.1, 0.15) is 17.7 Å². The Morgan fingerprint density at radius 2 is 1.89 bits per heavy atom. The summed E-state index contributed by atoms with van der Waals surface area (Å²) in [5.74, 6) is -0.709. The Hall–Kier alpha value is -0.660. The summed E-state index contributed by atoms with van der Waals surface area (Å²) in [5, 5.41) is -0.368. The second-order valence-corrected chi connectivity index (χ2v) is 7.10. The Balaban J connectivity index is 2.53. The van der Waals surface area contributed by atoms with Crippen LogP contribution in [-0.2, 0) is 10.0 Å². The third kappa shape index (κ3) is 4.91. The van der Waals surface area contributed by atoms with Gasteiger partial charge in [0.05, 0.1) is 6.26 Å². The molecule has 1 unspecified atom stereocenters. The zero-order valence-electron chi connectivity index (χ0n) is 10.1. The molecule has 0 aliphatic rings. The van der Waals surface area contributed by atoms with Crippen molar-refractivity contribution in [2.45, 2.75) is 12.2 Å². The van der Waals surface area contributed by atoms with Gasteiger partial charge in [0.25, 0.3) is 0 Å². The quantitative estimate of drug-likeness (QED) is 0.819. The van der Waals surface area contributed by atoms with E-state index in [9.17, 15) is 17.2 Å². The van der Waals surface area contributed by atoms with Crippen LogP contribution in [0.2, 0.25) is 0 Å². The third-order valence-electron chi connectivity index (χ3n) is 2.24. The topological polar surface area (TPSA) is 46.2 Å². The number of hydrogen-bond acceptors (Lipinski definition) is 3. The van der Waals surface area contributed by atoms with Crippen molar-refractivity contribution >= 4 is 21.8 Å². The average molecular weight is 295 g/mol. The molecule has 0 spiro atoms. The third-order valence-corrected chi connectivity index (χ3v) is 4.14. The number of halogens is 2. The first-order valence-electron chi connectivity index (χ1n) is 5.31. The number of thioether (sulfide) groups is 1. The summed E-state index contributed by atoms with van der Waals surface area (Å²) in [6.45, 7) is 1.93. The highest BCUT2D eigenvalue weighted by Crippen LogP contribution is 2.31. The molecule has 1 aromatic carbocycles. The van der Waals surface area contributed by atoms with Crippen molar-refractivity contribution in [3.63, 3.8) is 0 Å². The lowest BCUT2D eigenvalue weighted by Gasteiger charge is -2.13. The van der Waals surface area contributed by atoms with Gasteiger partial charge in [0.15, 0.2) is 0 Å². The number of sulfonamides is 1. The summed E-state index contributed by atoms with van der Waals surface area (Å²) >= 11 is 1.29. The molecule has 0 aromatic heterocycles. The molecule has 18 heavy (non-hydrogen) atoms.